The van der Waals surface area contributed by atoms with Crippen LogP contribution in [0, 0.1) is 0 Å². The number of hydrogen-bond donors (Lipinski definition) is 4. The van der Waals surface area contributed by atoms with Crippen LogP contribution >= 0.6 is 0 Å². The number of nitrogens with two attached hydrogens (primary N) is 1. The average Bonchev–Trinajstić information content (AvgIpc) is 2.46. The molecule has 0 fully saturated rings. The number of ketones is 1. The van der Waals surface area contributed by atoms with Crippen molar-refractivity contribution in [2.75, 3.05) is 0 Å². The molecule has 1 aromatic carbocycles. The van der Waals surface area contributed by atoms with Gasteiger partial charge >= 0.3 is 11.9 Å². The van der Waals surface area contributed by atoms with E-state index < -0.39 is 35.7 Å². The van der Waals surface area contributed by atoms with E-state index in [1.807, 2.05) is 5.32 Å². The van der Waals surface area contributed by atoms with Crippen molar-refractivity contribution in [1.82, 2.24) is 5.32 Å². The van der Waals surface area contributed by atoms with E-state index in [4.69, 9.17) is 10.8 Å². The van der Waals surface area contributed by atoms with Crippen LogP contribution in [0.4, 0.5) is 0 Å². The van der Waals surface area contributed by atoms with Crippen LogP contribution in [0.25, 0.3) is 0 Å². The Hall–Kier alpha value is -2.74. The van der Waals surface area contributed by atoms with E-state index in [0.29, 0.717) is 5.56 Å². The Balaban J connectivity index is 3.20. The molecule has 1 rings (SSSR count). The third-order valence-corrected chi connectivity index (χ3v) is 3.13. The topological polar surface area (TPSA) is 147 Å². The number of carbonyl (C=O) groups is 4. The van der Waals surface area contributed by atoms with Crippen molar-refractivity contribution in [2.24, 2.45) is 5.73 Å². The number of carboxylic acid groups (broad SMARTS) is 2. The molecule has 0 aliphatic heterocycles. The maximum atomic E-state index is 12.3. The first-order valence-corrected chi connectivity index (χ1v) is 6.34. The zero-order valence-electron chi connectivity index (χ0n) is 11.6. The molecule has 8 heteroatoms. The van der Waals surface area contributed by atoms with E-state index in [2.05, 4.69) is 0 Å². The number of nitrogens with one attached hydrogen (secondary N) is 1. The highest BCUT2D eigenvalue weighted by Crippen LogP contribution is 2.18. The number of carboxylic acids is 2. The van der Waals surface area contributed by atoms with Crippen molar-refractivity contribution in [3.63, 3.8) is 0 Å². The molecule has 2 atom stereocenters. The van der Waals surface area contributed by atoms with E-state index in [1.54, 1.807) is 30.3 Å². The van der Waals surface area contributed by atoms with Crippen LogP contribution in [-0.4, -0.2) is 45.9 Å². The molecule has 0 saturated heterocycles. The summed E-state index contributed by atoms with van der Waals surface area (Å²) in [4.78, 5) is 45.4. The van der Waals surface area contributed by atoms with Crippen LogP contribution < -0.4 is 11.1 Å². The predicted octanol–water partition coefficient (Wildman–Crippen LogP) is -0.830. The summed E-state index contributed by atoms with van der Waals surface area (Å²) in [6.45, 7) is 0. The van der Waals surface area contributed by atoms with Gasteiger partial charge in [-0.15, -0.1) is 0 Å². The van der Waals surface area contributed by atoms with Crippen molar-refractivity contribution < 1.29 is 29.4 Å². The van der Waals surface area contributed by atoms with Crippen molar-refractivity contribution in [1.29, 1.82) is 0 Å². The summed E-state index contributed by atoms with van der Waals surface area (Å²) < 4.78 is 0. The number of amides is 1. The lowest BCUT2D eigenvalue weighted by Gasteiger charge is -2.29. The minimum Gasteiger partial charge on any atom is -0.481 e. The minimum atomic E-state index is -2.31. The second-order valence-corrected chi connectivity index (χ2v) is 4.70. The smallest absolute Gasteiger partial charge is 0.337 e. The van der Waals surface area contributed by atoms with Crippen molar-refractivity contribution in [3.8, 4) is 0 Å². The predicted molar refractivity (Wildman–Crippen MR) is 74.9 cm³/mol. The summed E-state index contributed by atoms with van der Waals surface area (Å²) in [6.07, 6.45) is -0.986. The van der Waals surface area contributed by atoms with Crippen LogP contribution in [0.3, 0.4) is 0 Å². The van der Waals surface area contributed by atoms with Gasteiger partial charge in [0.25, 0.3) is 0 Å². The molecule has 0 aromatic heterocycles. The number of rotatable bonds is 9. The maximum absolute atomic E-state index is 12.3. The normalized spacial score (nSPS) is 14.4. The second kappa shape index (κ2) is 7.32. The highest BCUT2D eigenvalue weighted by atomic mass is 16.4. The van der Waals surface area contributed by atoms with Gasteiger partial charge in [0.15, 0.2) is 5.78 Å². The molecular formula is C14H16N2O6. The first-order chi connectivity index (χ1) is 10.3. The fraction of sp³-hybridized carbons (Fsp3) is 0.286. The lowest BCUT2D eigenvalue weighted by Crippen LogP contribution is -2.64. The zero-order chi connectivity index (χ0) is 16.8. The van der Waals surface area contributed by atoms with Crippen LogP contribution in [0.15, 0.2) is 30.3 Å². The Morgan fingerprint density at radius 2 is 1.82 bits per heavy atom. The largest absolute Gasteiger partial charge is 0.481 e. The molecule has 0 radical (unpaired) electrons. The standard InChI is InChI=1S/C14H16N2O6/c15-10(6-11(18)19)12(20)14(13(21)22,16-8-17)7-9-4-2-1-3-5-9/h1-5,8,10H,6-7,15H2,(H,16,17)(H,18,19)(H,21,22). The summed E-state index contributed by atoms with van der Waals surface area (Å²) in [5.74, 6) is -4.02. The van der Waals surface area contributed by atoms with E-state index >= 15 is 0 Å². The quantitative estimate of drug-likeness (QED) is 0.344. The fourth-order valence-corrected chi connectivity index (χ4v) is 2.05. The van der Waals surface area contributed by atoms with E-state index in [9.17, 15) is 24.3 Å². The van der Waals surface area contributed by atoms with Gasteiger partial charge in [0, 0.05) is 6.42 Å². The minimum absolute atomic E-state index is 0.0858. The molecule has 22 heavy (non-hydrogen) atoms. The fourth-order valence-electron chi connectivity index (χ4n) is 2.05. The number of aliphatic carboxylic acids is 2. The van der Waals surface area contributed by atoms with Gasteiger partial charge in [-0.05, 0) is 5.56 Å². The molecule has 1 amide bonds. The van der Waals surface area contributed by atoms with Crippen molar-refractivity contribution in [2.45, 2.75) is 24.4 Å². The first kappa shape index (κ1) is 17.3. The Kier molecular flexibility index (Phi) is 5.76. The summed E-state index contributed by atoms with van der Waals surface area (Å²) in [5, 5.41) is 20.1. The number of Topliss-reactive ketones (excluding diaryl/α,β-unsaturated/α-hetero) is 1. The molecule has 0 aliphatic rings. The van der Waals surface area contributed by atoms with Gasteiger partial charge < -0.3 is 21.3 Å². The highest BCUT2D eigenvalue weighted by molar-refractivity contribution is 6.12. The van der Waals surface area contributed by atoms with Crippen LogP contribution in [-0.2, 0) is 25.6 Å². The molecule has 118 valence electrons. The Bertz CT molecular complexity index is 574. The Labute approximate surface area is 125 Å². The van der Waals surface area contributed by atoms with Gasteiger partial charge in [0.1, 0.15) is 0 Å². The number of carbonyl (C=O) groups excluding carboxylic acids is 2. The van der Waals surface area contributed by atoms with Crippen LogP contribution in [0.2, 0.25) is 0 Å². The number of hydrogen-bond acceptors (Lipinski definition) is 5. The van der Waals surface area contributed by atoms with Crippen molar-refractivity contribution >= 4 is 24.1 Å². The van der Waals surface area contributed by atoms with Gasteiger partial charge in [-0.2, -0.15) is 0 Å². The summed E-state index contributed by atoms with van der Waals surface area (Å²) in [6, 6.07) is 6.61. The molecular weight excluding hydrogens is 292 g/mol. The van der Waals surface area contributed by atoms with Crippen LogP contribution in [0.1, 0.15) is 12.0 Å². The lowest BCUT2D eigenvalue weighted by atomic mass is 9.82. The Morgan fingerprint density at radius 3 is 2.27 bits per heavy atom. The summed E-state index contributed by atoms with van der Waals surface area (Å²) in [5.41, 5.74) is 3.65. The number of benzene rings is 1. The highest BCUT2D eigenvalue weighted by Gasteiger charge is 2.48. The molecule has 0 heterocycles. The first-order valence-electron chi connectivity index (χ1n) is 6.34. The van der Waals surface area contributed by atoms with Gasteiger partial charge in [-0.3, -0.25) is 14.4 Å². The molecule has 2 unspecified atom stereocenters. The van der Waals surface area contributed by atoms with Gasteiger partial charge in [-0.25, -0.2) is 4.79 Å². The molecule has 8 nitrogen and oxygen atoms in total. The van der Waals surface area contributed by atoms with E-state index in [-0.39, 0.29) is 12.8 Å². The van der Waals surface area contributed by atoms with Crippen molar-refractivity contribution in [3.05, 3.63) is 35.9 Å². The molecule has 0 aliphatic carbocycles. The summed E-state index contributed by atoms with van der Waals surface area (Å²) >= 11 is 0. The van der Waals surface area contributed by atoms with Gasteiger partial charge in [0.05, 0.1) is 12.5 Å². The molecule has 1 aromatic rings. The SMILES string of the molecule is NC(CC(=O)O)C(=O)C(Cc1ccccc1)(NC=O)C(=O)O. The van der Waals surface area contributed by atoms with Crippen LogP contribution in [0.5, 0.6) is 0 Å². The molecule has 0 saturated carbocycles. The average molecular weight is 308 g/mol. The molecule has 5 N–H and O–H groups in total. The third kappa shape index (κ3) is 3.89. The lowest BCUT2D eigenvalue weighted by molar-refractivity contribution is -0.153. The zero-order valence-corrected chi connectivity index (χ0v) is 11.6. The van der Waals surface area contributed by atoms with Gasteiger partial charge in [0.2, 0.25) is 11.9 Å². The molecule has 0 bridgehead atoms. The maximum Gasteiger partial charge on any atom is 0.337 e. The third-order valence-electron chi connectivity index (χ3n) is 3.13. The van der Waals surface area contributed by atoms with E-state index in [1.165, 1.54) is 0 Å². The summed E-state index contributed by atoms with van der Waals surface area (Å²) in [7, 11) is 0. The van der Waals surface area contributed by atoms with Gasteiger partial charge in [-0.1, -0.05) is 30.3 Å². The molecule has 0 spiro atoms. The monoisotopic (exact) mass is 308 g/mol. The Morgan fingerprint density at radius 1 is 1.23 bits per heavy atom. The van der Waals surface area contributed by atoms with E-state index in [0.717, 1.165) is 0 Å². The second-order valence-electron chi connectivity index (χ2n) is 4.70.